The number of benzene rings is 1. The van der Waals surface area contributed by atoms with Gasteiger partial charge in [-0.2, -0.15) is 0 Å². The van der Waals surface area contributed by atoms with Crippen LogP contribution in [0, 0.1) is 0 Å². The van der Waals surface area contributed by atoms with Gasteiger partial charge in [-0.05, 0) is 24.1 Å². The summed E-state index contributed by atoms with van der Waals surface area (Å²) in [5, 5.41) is 3.28. The van der Waals surface area contributed by atoms with Gasteiger partial charge >= 0.3 is 5.97 Å². The number of ether oxygens (including phenoxy) is 3. The molecule has 0 heterocycles. The predicted molar refractivity (Wildman–Crippen MR) is 76.8 cm³/mol. The fourth-order valence-electron chi connectivity index (χ4n) is 1.66. The molecule has 0 aliphatic heterocycles. The molecule has 0 saturated carbocycles. The van der Waals surface area contributed by atoms with Gasteiger partial charge in [-0.25, -0.2) is 0 Å². The van der Waals surface area contributed by atoms with E-state index in [0.717, 1.165) is 24.4 Å². The van der Waals surface area contributed by atoms with Gasteiger partial charge < -0.3 is 19.5 Å². The average Bonchev–Trinajstić information content (AvgIpc) is 2.48. The minimum Gasteiger partial charge on any atom is -0.494 e. The third kappa shape index (κ3) is 7.11. The van der Waals surface area contributed by atoms with Gasteiger partial charge in [0.15, 0.2) is 0 Å². The maximum atomic E-state index is 11.0. The SMILES string of the molecule is COCCNCc1cccc(OCCCC(=O)OC)c1. The van der Waals surface area contributed by atoms with Crippen molar-refractivity contribution in [3.63, 3.8) is 0 Å². The molecule has 5 heteroatoms. The van der Waals surface area contributed by atoms with Crippen LogP contribution < -0.4 is 10.1 Å². The predicted octanol–water partition coefficient (Wildman–Crippen LogP) is 1.75. The smallest absolute Gasteiger partial charge is 0.305 e. The van der Waals surface area contributed by atoms with Crippen molar-refractivity contribution < 1.29 is 19.0 Å². The van der Waals surface area contributed by atoms with Crippen molar-refractivity contribution in [2.75, 3.05) is 34.0 Å². The molecule has 20 heavy (non-hydrogen) atoms. The lowest BCUT2D eigenvalue weighted by Gasteiger charge is -2.08. The highest BCUT2D eigenvalue weighted by Crippen LogP contribution is 2.13. The summed E-state index contributed by atoms with van der Waals surface area (Å²) in [7, 11) is 3.08. The lowest BCUT2D eigenvalue weighted by molar-refractivity contribution is -0.140. The Kier molecular flexibility index (Phi) is 8.42. The monoisotopic (exact) mass is 281 g/mol. The van der Waals surface area contributed by atoms with Crippen LogP contribution in [0.1, 0.15) is 18.4 Å². The first kappa shape index (κ1) is 16.5. The fourth-order valence-corrected chi connectivity index (χ4v) is 1.66. The summed E-state index contributed by atoms with van der Waals surface area (Å²) in [6.45, 7) is 2.81. The molecule has 0 bridgehead atoms. The second-order valence-electron chi connectivity index (χ2n) is 4.35. The minimum atomic E-state index is -0.204. The normalized spacial score (nSPS) is 10.3. The summed E-state index contributed by atoms with van der Waals surface area (Å²) < 4.78 is 15.2. The second-order valence-corrected chi connectivity index (χ2v) is 4.35. The van der Waals surface area contributed by atoms with E-state index in [1.165, 1.54) is 7.11 Å². The summed E-state index contributed by atoms with van der Waals surface area (Å²) in [6, 6.07) is 7.92. The molecule has 0 aliphatic carbocycles. The second kappa shape index (κ2) is 10.2. The number of rotatable bonds is 10. The maximum Gasteiger partial charge on any atom is 0.305 e. The molecule has 0 unspecified atom stereocenters. The molecule has 0 aliphatic rings. The van der Waals surface area contributed by atoms with Crippen molar-refractivity contribution in [2.24, 2.45) is 0 Å². The van der Waals surface area contributed by atoms with Crippen LogP contribution in [0.3, 0.4) is 0 Å². The van der Waals surface area contributed by atoms with Gasteiger partial charge in [0.25, 0.3) is 0 Å². The Morgan fingerprint density at radius 3 is 2.85 bits per heavy atom. The topological polar surface area (TPSA) is 56.8 Å². The van der Waals surface area contributed by atoms with E-state index in [1.54, 1.807) is 7.11 Å². The van der Waals surface area contributed by atoms with Crippen LogP contribution in [0.15, 0.2) is 24.3 Å². The van der Waals surface area contributed by atoms with Crippen LogP contribution in [0.2, 0.25) is 0 Å². The van der Waals surface area contributed by atoms with Crippen LogP contribution in [0.5, 0.6) is 5.75 Å². The van der Waals surface area contributed by atoms with E-state index in [1.807, 2.05) is 24.3 Å². The van der Waals surface area contributed by atoms with Crippen molar-refractivity contribution in [3.8, 4) is 5.75 Å². The first-order chi connectivity index (χ1) is 9.76. The number of carbonyl (C=O) groups excluding carboxylic acids is 1. The Hall–Kier alpha value is -1.59. The zero-order valence-corrected chi connectivity index (χ0v) is 12.2. The van der Waals surface area contributed by atoms with Crippen molar-refractivity contribution in [1.29, 1.82) is 0 Å². The Bertz CT molecular complexity index is 395. The van der Waals surface area contributed by atoms with E-state index < -0.39 is 0 Å². The highest BCUT2D eigenvalue weighted by Gasteiger charge is 2.01. The van der Waals surface area contributed by atoms with E-state index in [-0.39, 0.29) is 5.97 Å². The molecule has 112 valence electrons. The van der Waals surface area contributed by atoms with E-state index >= 15 is 0 Å². The van der Waals surface area contributed by atoms with Crippen LogP contribution in [0.25, 0.3) is 0 Å². The molecular formula is C15H23NO4. The Morgan fingerprint density at radius 2 is 2.10 bits per heavy atom. The quantitative estimate of drug-likeness (QED) is 0.523. The van der Waals surface area contributed by atoms with Gasteiger partial charge in [0.2, 0.25) is 0 Å². The molecular weight excluding hydrogens is 258 g/mol. The number of hydrogen-bond donors (Lipinski definition) is 1. The summed E-state index contributed by atoms with van der Waals surface area (Å²) in [5.74, 6) is 0.616. The van der Waals surface area contributed by atoms with Gasteiger partial charge in [0.1, 0.15) is 5.75 Å². The van der Waals surface area contributed by atoms with Gasteiger partial charge in [-0.3, -0.25) is 4.79 Å². The standard InChI is InChI=1S/C15H23NO4/c1-18-10-8-16-12-13-5-3-6-14(11-13)20-9-4-7-15(17)19-2/h3,5-6,11,16H,4,7-10,12H2,1-2H3. The molecule has 5 nitrogen and oxygen atoms in total. The van der Waals surface area contributed by atoms with E-state index in [2.05, 4.69) is 10.1 Å². The average molecular weight is 281 g/mol. The van der Waals surface area contributed by atoms with Gasteiger partial charge in [-0.1, -0.05) is 12.1 Å². The molecule has 0 amide bonds. The number of nitrogens with one attached hydrogen (secondary N) is 1. The molecule has 0 fully saturated rings. The Morgan fingerprint density at radius 1 is 1.25 bits per heavy atom. The summed E-state index contributed by atoms with van der Waals surface area (Å²) in [5.41, 5.74) is 1.16. The summed E-state index contributed by atoms with van der Waals surface area (Å²) >= 11 is 0. The van der Waals surface area contributed by atoms with Crippen LogP contribution in [-0.2, 0) is 20.8 Å². The number of methoxy groups -OCH3 is 2. The largest absolute Gasteiger partial charge is 0.494 e. The fraction of sp³-hybridized carbons (Fsp3) is 0.533. The highest BCUT2D eigenvalue weighted by molar-refractivity contribution is 5.69. The molecule has 1 aromatic rings. The first-order valence-corrected chi connectivity index (χ1v) is 6.74. The summed E-state index contributed by atoms with van der Waals surface area (Å²) in [6.07, 6.45) is 1.04. The first-order valence-electron chi connectivity index (χ1n) is 6.74. The molecule has 1 N–H and O–H groups in total. The molecule has 1 rings (SSSR count). The molecule has 0 spiro atoms. The van der Waals surface area contributed by atoms with Crippen molar-refractivity contribution in [3.05, 3.63) is 29.8 Å². The van der Waals surface area contributed by atoms with Gasteiger partial charge in [-0.15, -0.1) is 0 Å². The zero-order chi connectivity index (χ0) is 14.6. The minimum absolute atomic E-state index is 0.204. The number of hydrogen-bond acceptors (Lipinski definition) is 5. The Labute approximate surface area is 120 Å². The lowest BCUT2D eigenvalue weighted by atomic mass is 10.2. The highest BCUT2D eigenvalue weighted by atomic mass is 16.5. The van der Waals surface area contributed by atoms with Crippen molar-refractivity contribution >= 4 is 5.97 Å². The van der Waals surface area contributed by atoms with Crippen molar-refractivity contribution in [2.45, 2.75) is 19.4 Å². The van der Waals surface area contributed by atoms with Crippen molar-refractivity contribution in [1.82, 2.24) is 5.32 Å². The maximum absolute atomic E-state index is 11.0. The summed E-state index contributed by atoms with van der Waals surface area (Å²) in [4.78, 5) is 11.0. The van der Waals surface area contributed by atoms with Gasteiger partial charge in [0.05, 0.1) is 20.3 Å². The molecule has 0 atom stereocenters. The lowest BCUT2D eigenvalue weighted by Crippen LogP contribution is -2.18. The van der Waals surface area contributed by atoms with Crippen LogP contribution in [-0.4, -0.2) is 39.9 Å². The molecule has 0 saturated heterocycles. The third-order valence-electron chi connectivity index (χ3n) is 2.73. The third-order valence-corrected chi connectivity index (χ3v) is 2.73. The van der Waals surface area contributed by atoms with E-state index in [9.17, 15) is 4.79 Å². The number of carbonyl (C=O) groups is 1. The zero-order valence-electron chi connectivity index (χ0n) is 12.2. The van der Waals surface area contributed by atoms with Crippen LogP contribution >= 0.6 is 0 Å². The number of esters is 1. The van der Waals surface area contributed by atoms with Gasteiger partial charge in [0, 0.05) is 26.6 Å². The Balaban J connectivity index is 2.26. The molecule has 1 aromatic carbocycles. The van der Waals surface area contributed by atoms with E-state index in [4.69, 9.17) is 9.47 Å². The molecule has 0 radical (unpaired) electrons. The molecule has 0 aromatic heterocycles. The van der Waals surface area contributed by atoms with E-state index in [0.29, 0.717) is 26.1 Å². The van der Waals surface area contributed by atoms with Crippen LogP contribution in [0.4, 0.5) is 0 Å².